The number of carboxylic acid groups (broad SMARTS) is 1. The Kier molecular flexibility index (Phi) is 8.98. The lowest BCUT2D eigenvalue weighted by Gasteiger charge is -2.19. The number of aryl methyl sites for hydroxylation is 1. The summed E-state index contributed by atoms with van der Waals surface area (Å²) in [7, 11) is 1.66. The number of ether oxygens (including phenoxy) is 2. The fourth-order valence-electron chi connectivity index (χ4n) is 4.71. The van der Waals surface area contributed by atoms with Gasteiger partial charge in [-0.2, -0.15) is 0 Å². The number of carbonyl (C=O) groups is 2. The Morgan fingerprint density at radius 2 is 1.66 bits per heavy atom. The number of benzene rings is 3. The number of aliphatic carboxylic acids is 1. The Balaban J connectivity index is 1.50. The van der Waals surface area contributed by atoms with E-state index in [1.54, 1.807) is 19.2 Å². The average Bonchev–Trinajstić information content (AvgIpc) is 3.27. The number of carbonyl (C=O) groups excluding carboxylic acids is 1. The first-order valence-electron chi connectivity index (χ1n) is 13.0. The van der Waals surface area contributed by atoms with Gasteiger partial charge in [-0.25, -0.2) is 0 Å². The number of ketones is 1. The van der Waals surface area contributed by atoms with Gasteiger partial charge in [-0.05, 0) is 60.2 Å². The van der Waals surface area contributed by atoms with Gasteiger partial charge in [0, 0.05) is 48.3 Å². The molecule has 198 valence electrons. The SMILES string of the molecule is COCC(Oc1ccc(C(=O)c2cn(CCCC(=O)O)c3ccccc23)cc1)c1ccc(CC(C)C)cc1. The zero-order valence-electron chi connectivity index (χ0n) is 22.2. The molecule has 4 aromatic rings. The van der Waals surface area contributed by atoms with Gasteiger partial charge in [0.25, 0.3) is 0 Å². The second kappa shape index (κ2) is 12.6. The molecule has 0 radical (unpaired) electrons. The van der Waals surface area contributed by atoms with Gasteiger partial charge < -0.3 is 19.1 Å². The zero-order valence-corrected chi connectivity index (χ0v) is 22.2. The number of hydrogen-bond acceptors (Lipinski definition) is 4. The zero-order chi connectivity index (χ0) is 27.1. The maximum Gasteiger partial charge on any atom is 0.303 e. The van der Waals surface area contributed by atoms with Crippen molar-refractivity contribution >= 4 is 22.7 Å². The molecule has 4 rings (SSSR count). The van der Waals surface area contributed by atoms with Crippen molar-refractivity contribution in [3.05, 3.63) is 101 Å². The van der Waals surface area contributed by atoms with E-state index in [1.807, 2.05) is 47.2 Å². The van der Waals surface area contributed by atoms with Crippen molar-refractivity contribution < 1.29 is 24.2 Å². The van der Waals surface area contributed by atoms with Gasteiger partial charge in [0.15, 0.2) is 5.78 Å². The summed E-state index contributed by atoms with van der Waals surface area (Å²) in [4.78, 5) is 24.4. The number of fused-ring (bicyclic) bond motifs is 1. The van der Waals surface area contributed by atoms with Crippen LogP contribution in [0.3, 0.4) is 0 Å². The minimum Gasteiger partial charge on any atom is -0.483 e. The number of aromatic nitrogens is 1. The molecule has 0 spiro atoms. The van der Waals surface area contributed by atoms with Gasteiger partial charge in [0.2, 0.25) is 0 Å². The molecular formula is C32H35NO5. The van der Waals surface area contributed by atoms with E-state index in [4.69, 9.17) is 14.6 Å². The molecule has 0 saturated carbocycles. The Hall–Kier alpha value is -3.90. The third-order valence-electron chi connectivity index (χ3n) is 6.53. The second-order valence-electron chi connectivity index (χ2n) is 10.0. The van der Waals surface area contributed by atoms with Crippen LogP contribution >= 0.6 is 0 Å². The van der Waals surface area contributed by atoms with Gasteiger partial charge >= 0.3 is 5.97 Å². The molecule has 6 heteroatoms. The maximum atomic E-state index is 13.5. The first kappa shape index (κ1) is 27.1. The summed E-state index contributed by atoms with van der Waals surface area (Å²) in [6.45, 7) is 5.36. The van der Waals surface area contributed by atoms with E-state index in [1.165, 1.54) is 5.56 Å². The predicted octanol–water partition coefficient (Wildman–Crippen LogP) is 6.70. The van der Waals surface area contributed by atoms with Gasteiger partial charge in [0.1, 0.15) is 11.9 Å². The van der Waals surface area contributed by atoms with E-state index in [2.05, 4.69) is 38.1 Å². The second-order valence-corrected chi connectivity index (χ2v) is 10.0. The van der Waals surface area contributed by atoms with Gasteiger partial charge in [-0.1, -0.05) is 56.3 Å². The Morgan fingerprint density at radius 1 is 0.947 bits per heavy atom. The normalized spacial score (nSPS) is 12.1. The van der Waals surface area contributed by atoms with Crippen molar-refractivity contribution in [2.24, 2.45) is 5.92 Å². The lowest BCUT2D eigenvalue weighted by atomic mass is 10.0. The molecule has 1 heterocycles. The summed E-state index contributed by atoms with van der Waals surface area (Å²) in [5.74, 6) is 0.349. The lowest BCUT2D eigenvalue weighted by molar-refractivity contribution is -0.137. The van der Waals surface area contributed by atoms with Crippen LogP contribution in [-0.4, -0.2) is 35.1 Å². The molecule has 0 aliphatic carbocycles. The van der Waals surface area contributed by atoms with Crippen molar-refractivity contribution in [1.82, 2.24) is 4.57 Å². The topological polar surface area (TPSA) is 77.8 Å². The molecular weight excluding hydrogens is 478 g/mol. The summed E-state index contributed by atoms with van der Waals surface area (Å²) in [5, 5.41) is 9.83. The molecule has 1 atom stereocenters. The molecule has 0 aliphatic heterocycles. The third kappa shape index (κ3) is 6.69. The molecule has 1 N–H and O–H groups in total. The van der Waals surface area contributed by atoms with Crippen LogP contribution in [0.5, 0.6) is 5.75 Å². The monoisotopic (exact) mass is 513 g/mol. The largest absolute Gasteiger partial charge is 0.483 e. The summed E-state index contributed by atoms with van der Waals surface area (Å²) in [6, 6.07) is 23.4. The molecule has 38 heavy (non-hydrogen) atoms. The van der Waals surface area contributed by atoms with E-state index < -0.39 is 5.97 Å². The lowest BCUT2D eigenvalue weighted by Crippen LogP contribution is -2.14. The molecule has 0 saturated heterocycles. The fourth-order valence-corrected chi connectivity index (χ4v) is 4.71. The quantitative estimate of drug-likeness (QED) is 0.201. The Bertz CT molecular complexity index is 1370. The highest BCUT2D eigenvalue weighted by Crippen LogP contribution is 2.27. The number of nitrogens with zero attached hydrogens (tertiary/aromatic N) is 1. The summed E-state index contributed by atoms with van der Waals surface area (Å²) in [5.41, 5.74) is 4.42. The van der Waals surface area contributed by atoms with Crippen LogP contribution in [0.15, 0.2) is 79.0 Å². The first-order chi connectivity index (χ1) is 18.4. The van der Waals surface area contributed by atoms with E-state index >= 15 is 0 Å². The highest BCUT2D eigenvalue weighted by Gasteiger charge is 2.18. The summed E-state index contributed by atoms with van der Waals surface area (Å²) in [6.07, 6.45) is 3.18. The van der Waals surface area contributed by atoms with Crippen LogP contribution in [0.2, 0.25) is 0 Å². The number of rotatable bonds is 13. The molecule has 0 bridgehead atoms. The van der Waals surface area contributed by atoms with Crippen molar-refractivity contribution in [2.75, 3.05) is 13.7 Å². The third-order valence-corrected chi connectivity index (χ3v) is 6.53. The number of hydrogen-bond donors (Lipinski definition) is 1. The molecule has 3 aromatic carbocycles. The molecule has 0 aliphatic rings. The van der Waals surface area contributed by atoms with Crippen LogP contribution in [-0.2, 0) is 22.5 Å². The molecule has 6 nitrogen and oxygen atoms in total. The number of methoxy groups -OCH3 is 1. The van der Waals surface area contributed by atoms with E-state index in [-0.39, 0.29) is 18.3 Å². The maximum absolute atomic E-state index is 13.5. The standard InChI is InChI=1S/C32H35NO5/c1-22(2)19-23-10-12-24(13-11-23)30(21-37-3)38-26-16-14-25(15-17-26)32(36)28-20-33(18-6-9-31(34)35)29-8-5-4-7-27(28)29/h4-5,7-8,10-17,20,22,30H,6,9,18-19,21H2,1-3H3,(H,34,35). The minimum absolute atomic E-state index is 0.0843. The van der Waals surface area contributed by atoms with E-state index in [0.29, 0.717) is 42.4 Å². The first-order valence-corrected chi connectivity index (χ1v) is 13.0. The van der Waals surface area contributed by atoms with Gasteiger partial charge in [-0.15, -0.1) is 0 Å². The smallest absolute Gasteiger partial charge is 0.303 e. The number of para-hydroxylation sites is 1. The highest BCUT2D eigenvalue weighted by atomic mass is 16.5. The van der Waals surface area contributed by atoms with Crippen molar-refractivity contribution in [3.8, 4) is 5.75 Å². The van der Waals surface area contributed by atoms with Crippen molar-refractivity contribution in [1.29, 1.82) is 0 Å². The Labute approximate surface area is 223 Å². The van der Waals surface area contributed by atoms with Crippen molar-refractivity contribution in [3.63, 3.8) is 0 Å². The van der Waals surface area contributed by atoms with Crippen molar-refractivity contribution in [2.45, 2.75) is 45.8 Å². The minimum atomic E-state index is -0.823. The summed E-state index contributed by atoms with van der Waals surface area (Å²) < 4.78 is 13.6. The summed E-state index contributed by atoms with van der Waals surface area (Å²) >= 11 is 0. The van der Waals surface area contributed by atoms with Crippen LogP contribution in [0.25, 0.3) is 10.9 Å². The molecule has 0 fully saturated rings. The highest BCUT2D eigenvalue weighted by molar-refractivity contribution is 6.16. The van der Waals surface area contributed by atoms with Gasteiger partial charge in [-0.3, -0.25) is 9.59 Å². The molecule has 0 amide bonds. The number of carboxylic acids is 1. The molecule has 1 aromatic heterocycles. The average molecular weight is 514 g/mol. The van der Waals surface area contributed by atoms with Crippen LogP contribution in [0.1, 0.15) is 59.8 Å². The predicted molar refractivity (Wildman–Crippen MR) is 149 cm³/mol. The fraction of sp³-hybridized carbons (Fsp3) is 0.312. The van der Waals surface area contributed by atoms with Crippen LogP contribution in [0.4, 0.5) is 0 Å². The van der Waals surface area contributed by atoms with Gasteiger partial charge in [0.05, 0.1) is 6.61 Å². The van der Waals surface area contributed by atoms with E-state index in [9.17, 15) is 9.59 Å². The molecule has 1 unspecified atom stereocenters. The van der Waals surface area contributed by atoms with Crippen LogP contribution in [0, 0.1) is 5.92 Å². The van der Waals surface area contributed by atoms with Crippen LogP contribution < -0.4 is 4.74 Å². The van der Waals surface area contributed by atoms with E-state index in [0.717, 1.165) is 22.9 Å². The Morgan fingerprint density at radius 3 is 2.32 bits per heavy atom.